The Hall–Kier alpha value is -0.650. The van der Waals surface area contributed by atoms with E-state index in [0.717, 1.165) is 17.5 Å². The molecular formula is C17H27NO4. The predicted octanol–water partition coefficient (Wildman–Crippen LogP) is 3.85. The third-order valence-corrected chi connectivity index (χ3v) is 6.38. The van der Waals surface area contributed by atoms with Crippen molar-refractivity contribution in [1.29, 1.82) is 0 Å². The maximum Gasteiger partial charge on any atom is 0.210 e. The van der Waals surface area contributed by atoms with Crippen LogP contribution in [0.4, 0.5) is 0 Å². The zero-order chi connectivity index (χ0) is 15.4. The molecule has 5 nitrogen and oxygen atoms in total. The van der Waals surface area contributed by atoms with Gasteiger partial charge >= 0.3 is 0 Å². The second-order valence-electron chi connectivity index (χ2n) is 8.08. The molecule has 5 unspecified atom stereocenters. The maximum atomic E-state index is 8.93. The van der Waals surface area contributed by atoms with Crippen LogP contribution in [0.3, 0.4) is 0 Å². The van der Waals surface area contributed by atoms with Crippen LogP contribution in [0.1, 0.15) is 65.2 Å². The van der Waals surface area contributed by atoms with E-state index in [1.165, 1.54) is 25.7 Å². The van der Waals surface area contributed by atoms with Crippen molar-refractivity contribution in [3.8, 4) is 0 Å². The molecule has 5 heteroatoms. The fourth-order valence-electron chi connectivity index (χ4n) is 5.34. The topological polar surface area (TPSA) is 60.3 Å². The number of hydrogen-bond donors (Lipinski definition) is 1. The van der Waals surface area contributed by atoms with Crippen molar-refractivity contribution in [3.63, 3.8) is 0 Å². The van der Waals surface area contributed by atoms with Crippen molar-refractivity contribution >= 4 is 5.71 Å². The van der Waals surface area contributed by atoms with Crippen LogP contribution in [0.5, 0.6) is 0 Å². The van der Waals surface area contributed by atoms with Crippen LogP contribution in [0.25, 0.3) is 0 Å². The summed E-state index contributed by atoms with van der Waals surface area (Å²) in [4.78, 5) is 11.8. The quantitative estimate of drug-likeness (QED) is 0.419. The summed E-state index contributed by atoms with van der Waals surface area (Å²) in [5, 5.41) is 12.3. The van der Waals surface area contributed by atoms with E-state index >= 15 is 0 Å². The molecule has 0 radical (unpaired) electrons. The van der Waals surface area contributed by atoms with Gasteiger partial charge in [-0.1, -0.05) is 19.0 Å². The lowest BCUT2D eigenvalue weighted by Crippen LogP contribution is -2.54. The monoisotopic (exact) mass is 309 g/mol. The van der Waals surface area contributed by atoms with E-state index in [1.807, 2.05) is 0 Å². The predicted molar refractivity (Wildman–Crippen MR) is 80.2 cm³/mol. The zero-order valence-corrected chi connectivity index (χ0v) is 13.6. The molecule has 4 fully saturated rings. The van der Waals surface area contributed by atoms with E-state index in [1.54, 1.807) is 0 Å². The maximum absolute atomic E-state index is 8.93. The smallest absolute Gasteiger partial charge is 0.210 e. The summed E-state index contributed by atoms with van der Waals surface area (Å²) in [6, 6.07) is 0. The Morgan fingerprint density at radius 2 is 1.82 bits per heavy atom. The highest BCUT2D eigenvalue weighted by Gasteiger charge is 2.62. The molecule has 0 aromatic rings. The third kappa shape index (κ3) is 2.21. The van der Waals surface area contributed by atoms with Crippen molar-refractivity contribution in [2.24, 2.45) is 28.8 Å². The number of ether oxygens (including phenoxy) is 1. The first kappa shape index (κ1) is 14.9. The zero-order valence-electron chi connectivity index (χ0n) is 13.6. The Morgan fingerprint density at radius 3 is 2.55 bits per heavy atom. The van der Waals surface area contributed by atoms with E-state index in [-0.39, 0.29) is 0 Å². The van der Waals surface area contributed by atoms with Crippen LogP contribution < -0.4 is 0 Å². The Morgan fingerprint density at radius 1 is 1.05 bits per heavy atom. The molecule has 5 atom stereocenters. The van der Waals surface area contributed by atoms with Gasteiger partial charge in [0.1, 0.15) is 0 Å². The van der Waals surface area contributed by atoms with Gasteiger partial charge < -0.3 is 9.94 Å². The summed E-state index contributed by atoms with van der Waals surface area (Å²) in [6.07, 6.45) is 7.76. The molecule has 0 aromatic heterocycles. The Balaban J connectivity index is 1.55. The van der Waals surface area contributed by atoms with Gasteiger partial charge in [-0.05, 0) is 50.4 Å². The minimum atomic E-state index is -0.629. The second-order valence-corrected chi connectivity index (χ2v) is 8.08. The number of rotatable bonds is 0. The molecule has 1 aliphatic heterocycles. The summed E-state index contributed by atoms with van der Waals surface area (Å²) in [6.45, 7) is 4.60. The Kier molecular flexibility index (Phi) is 3.51. The average molecular weight is 309 g/mol. The molecular weight excluding hydrogens is 282 g/mol. The van der Waals surface area contributed by atoms with E-state index in [9.17, 15) is 0 Å². The van der Waals surface area contributed by atoms with Gasteiger partial charge in [0.25, 0.3) is 0 Å². The lowest BCUT2D eigenvalue weighted by Gasteiger charge is -2.50. The van der Waals surface area contributed by atoms with Crippen molar-refractivity contribution < 1.29 is 19.7 Å². The highest BCUT2D eigenvalue weighted by molar-refractivity contribution is 5.84. The van der Waals surface area contributed by atoms with Crippen molar-refractivity contribution in [3.05, 3.63) is 0 Å². The molecule has 1 heterocycles. The fourth-order valence-corrected chi connectivity index (χ4v) is 5.34. The van der Waals surface area contributed by atoms with E-state index < -0.39 is 11.6 Å². The van der Waals surface area contributed by atoms with Gasteiger partial charge in [-0.25, -0.2) is 0 Å². The van der Waals surface area contributed by atoms with Gasteiger partial charge in [-0.15, -0.1) is 0 Å². The van der Waals surface area contributed by atoms with E-state index in [4.69, 9.17) is 19.7 Å². The molecule has 0 amide bonds. The standard InChI is InChI=1S/C17H27NO4/c1-11-7-13-9-12(2)17(14(8-11)10-13)20-16(21-22-17)5-3-15(18-19)4-6-16/h11-14,19H,3-10H2,1-2H3. The number of hydrogen-bond acceptors (Lipinski definition) is 5. The second kappa shape index (κ2) is 5.18. The molecule has 4 rings (SSSR count). The van der Waals surface area contributed by atoms with Gasteiger partial charge in [0.15, 0.2) is 0 Å². The van der Waals surface area contributed by atoms with Gasteiger partial charge in [0.2, 0.25) is 11.6 Å². The first-order valence-electron chi connectivity index (χ1n) is 8.82. The van der Waals surface area contributed by atoms with Crippen LogP contribution >= 0.6 is 0 Å². The minimum Gasteiger partial charge on any atom is -0.411 e. The van der Waals surface area contributed by atoms with Crippen molar-refractivity contribution in [2.75, 3.05) is 0 Å². The van der Waals surface area contributed by atoms with Crippen LogP contribution in [0, 0.1) is 23.7 Å². The highest BCUT2D eigenvalue weighted by Crippen LogP contribution is 2.57. The third-order valence-electron chi connectivity index (χ3n) is 6.38. The first-order valence-corrected chi connectivity index (χ1v) is 8.82. The molecule has 3 aliphatic carbocycles. The lowest BCUT2D eigenvalue weighted by atomic mass is 9.62. The Bertz CT molecular complexity index is 465. The van der Waals surface area contributed by atoms with Crippen LogP contribution in [-0.2, 0) is 14.5 Å². The normalized spacial score (nSPS) is 51.5. The summed E-state index contributed by atoms with van der Waals surface area (Å²) in [7, 11) is 0. The molecule has 1 N–H and O–H groups in total. The van der Waals surface area contributed by atoms with E-state index in [0.29, 0.717) is 37.5 Å². The molecule has 2 bridgehead atoms. The van der Waals surface area contributed by atoms with Crippen LogP contribution in [0.15, 0.2) is 5.16 Å². The highest BCUT2D eigenvalue weighted by atomic mass is 17.3. The summed E-state index contributed by atoms with van der Waals surface area (Å²) in [5.41, 5.74) is 0.835. The van der Waals surface area contributed by atoms with Crippen LogP contribution in [0.2, 0.25) is 0 Å². The van der Waals surface area contributed by atoms with E-state index in [2.05, 4.69) is 19.0 Å². The molecule has 2 spiro atoms. The molecule has 1 saturated heterocycles. The van der Waals surface area contributed by atoms with Gasteiger partial charge in [0, 0.05) is 24.7 Å². The average Bonchev–Trinajstić information content (AvgIpc) is 2.87. The first-order chi connectivity index (χ1) is 10.6. The SMILES string of the molecule is CC1CC2CC(C)C3(OOC4(CCC(=NO)CC4)O3)C(C1)C2. The number of nitrogens with zero attached hydrogens (tertiary/aromatic N) is 1. The molecule has 0 aromatic carbocycles. The molecule has 124 valence electrons. The minimum absolute atomic E-state index is 0.371. The van der Waals surface area contributed by atoms with Gasteiger partial charge in [0.05, 0.1) is 5.71 Å². The largest absolute Gasteiger partial charge is 0.411 e. The molecule has 22 heavy (non-hydrogen) atoms. The van der Waals surface area contributed by atoms with Gasteiger partial charge in [-0.3, -0.25) is 0 Å². The van der Waals surface area contributed by atoms with Crippen LogP contribution in [-0.4, -0.2) is 22.5 Å². The van der Waals surface area contributed by atoms with Crippen molar-refractivity contribution in [2.45, 2.75) is 76.8 Å². The lowest BCUT2D eigenvalue weighted by molar-refractivity contribution is -0.379. The summed E-state index contributed by atoms with van der Waals surface area (Å²) in [5.74, 6) is 1.19. The number of fused-ring (bicyclic) bond motifs is 3. The molecule has 4 aliphatic rings. The summed E-state index contributed by atoms with van der Waals surface area (Å²) >= 11 is 0. The summed E-state index contributed by atoms with van der Waals surface area (Å²) < 4.78 is 6.58. The molecule has 3 saturated carbocycles. The Labute approximate surface area is 131 Å². The number of oxime groups is 1. The van der Waals surface area contributed by atoms with Crippen molar-refractivity contribution in [1.82, 2.24) is 0 Å². The van der Waals surface area contributed by atoms with Gasteiger partial charge in [-0.2, -0.15) is 9.78 Å². The fraction of sp³-hybridized carbons (Fsp3) is 0.941.